The zero-order valence-electron chi connectivity index (χ0n) is 24.3. The van der Waals surface area contributed by atoms with E-state index in [0.29, 0.717) is 23.1 Å². The van der Waals surface area contributed by atoms with Crippen molar-refractivity contribution in [2.24, 2.45) is 0 Å². The van der Waals surface area contributed by atoms with E-state index >= 15 is 0 Å². The molecule has 0 aliphatic carbocycles. The summed E-state index contributed by atoms with van der Waals surface area (Å²) < 4.78 is 11.5. The number of rotatable bonds is 7. The Balaban J connectivity index is 0.000000417. The van der Waals surface area contributed by atoms with Crippen LogP contribution in [0.2, 0.25) is 5.02 Å². The van der Waals surface area contributed by atoms with Crippen molar-refractivity contribution in [3.05, 3.63) is 94.0 Å². The Bertz CT molecular complexity index is 1330. The first kappa shape index (κ1) is 30.4. The van der Waals surface area contributed by atoms with Gasteiger partial charge in [-0.2, -0.15) is 0 Å². The second-order valence-electron chi connectivity index (χ2n) is 10.7. The van der Waals surface area contributed by atoms with Crippen LogP contribution in [0.25, 0.3) is 0 Å². The topological polar surface area (TPSA) is 83.1 Å². The largest absolute Gasteiger partial charge is 0.497 e. The summed E-state index contributed by atoms with van der Waals surface area (Å²) in [4.78, 5) is 26.9. The number of hydrogen-bond acceptors (Lipinski definition) is 6. The average Bonchev–Trinajstić information content (AvgIpc) is 3.33. The molecule has 218 valence electrons. The predicted octanol–water partition coefficient (Wildman–Crippen LogP) is 5.04. The summed E-state index contributed by atoms with van der Waals surface area (Å²) in [6.07, 6.45) is 0.505. The van der Waals surface area contributed by atoms with Crippen molar-refractivity contribution in [3.8, 4) is 11.5 Å². The number of halogens is 1. The summed E-state index contributed by atoms with van der Waals surface area (Å²) in [5.74, 6) is 1.53. The molecule has 8 nitrogen and oxygen atoms in total. The summed E-state index contributed by atoms with van der Waals surface area (Å²) in [5, 5.41) is 7.10. The minimum atomic E-state index is -0.381. The van der Waals surface area contributed by atoms with Gasteiger partial charge in [-0.25, -0.2) is 0 Å². The summed E-state index contributed by atoms with van der Waals surface area (Å²) in [6.45, 7) is 8.37. The van der Waals surface area contributed by atoms with Gasteiger partial charge in [0.25, 0.3) is 0 Å². The highest BCUT2D eigenvalue weighted by Gasteiger charge is 2.43. The number of likely N-dealkylation sites (N-methyl/N-ethyl adjacent to an activating group) is 1. The van der Waals surface area contributed by atoms with Gasteiger partial charge in [-0.05, 0) is 63.2 Å². The molecule has 0 saturated carbocycles. The van der Waals surface area contributed by atoms with Gasteiger partial charge in [0.15, 0.2) is 0 Å². The van der Waals surface area contributed by atoms with E-state index < -0.39 is 0 Å². The van der Waals surface area contributed by atoms with E-state index in [-0.39, 0.29) is 30.3 Å². The molecule has 9 heteroatoms. The highest BCUT2D eigenvalue weighted by atomic mass is 35.5. The fourth-order valence-electron chi connectivity index (χ4n) is 5.21. The number of benzene rings is 3. The molecule has 5 rings (SSSR count). The van der Waals surface area contributed by atoms with Crippen LogP contribution in [0.4, 0.5) is 0 Å². The predicted molar refractivity (Wildman–Crippen MR) is 161 cm³/mol. The molecule has 3 unspecified atom stereocenters. The lowest BCUT2D eigenvalue weighted by molar-refractivity contribution is -0.123. The number of carbonyl (C=O) groups excluding carboxylic acids is 2. The summed E-state index contributed by atoms with van der Waals surface area (Å²) in [7, 11) is 3.57. The molecule has 2 aliphatic rings. The number of nitrogens with zero attached hydrogens (tertiary/aromatic N) is 2. The van der Waals surface area contributed by atoms with E-state index in [1.165, 1.54) is 5.56 Å². The van der Waals surface area contributed by atoms with Crippen molar-refractivity contribution in [1.29, 1.82) is 0 Å². The molecular weight excluding hydrogens is 540 g/mol. The van der Waals surface area contributed by atoms with Crippen LogP contribution in [-0.2, 0) is 9.59 Å². The zero-order valence-corrected chi connectivity index (χ0v) is 25.0. The Labute approximate surface area is 247 Å². The van der Waals surface area contributed by atoms with Gasteiger partial charge in [-0.3, -0.25) is 19.8 Å². The van der Waals surface area contributed by atoms with Gasteiger partial charge in [-0.15, -0.1) is 0 Å². The molecule has 41 heavy (non-hydrogen) atoms. The van der Waals surface area contributed by atoms with Gasteiger partial charge in [0.1, 0.15) is 17.7 Å². The van der Waals surface area contributed by atoms with E-state index in [4.69, 9.17) is 21.1 Å². The smallest absolute Gasteiger partial charge is 0.234 e. The van der Waals surface area contributed by atoms with Crippen molar-refractivity contribution in [3.63, 3.8) is 0 Å². The van der Waals surface area contributed by atoms with E-state index in [2.05, 4.69) is 35.8 Å². The Morgan fingerprint density at radius 2 is 1.80 bits per heavy atom. The number of methoxy groups -OCH3 is 1. The van der Waals surface area contributed by atoms with Crippen molar-refractivity contribution < 1.29 is 19.1 Å². The molecule has 0 spiro atoms. The first-order valence-electron chi connectivity index (χ1n) is 13.8. The highest BCUT2D eigenvalue weighted by molar-refractivity contribution is 6.30. The van der Waals surface area contributed by atoms with Crippen LogP contribution >= 0.6 is 11.6 Å². The lowest BCUT2D eigenvalue weighted by Gasteiger charge is -2.28. The van der Waals surface area contributed by atoms with Gasteiger partial charge in [-0.1, -0.05) is 53.6 Å². The molecule has 0 aromatic heterocycles. The van der Waals surface area contributed by atoms with E-state index in [1.54, 1.807) is 7.11 Å². The van der Waals surface area contributed by atoms with Crippen LogP contribution in [0.3, 0.4) is 0 Å². The minimum absolute atomic E-state index is 0.0263. The molecule has 2 saturated heterocycles. The Morgan fingerprint density at radius 3 is 2.39 bits per heavy atom. The molecule has 2 N–H and O–H groups in total. The average molecular weight is 579 g/mol. The monoisotopic (exact) mass is 578 g/mol. The SMILES string of the molecule is CN1CCNC(=O)C1.COc1ccc(C2NC(c3cccc(C)c3)C(c3ccc(Cl)cc3)N2C=O)c(OC(C)C)c1. The normalized spacial score (nSPS) is 20.7. The number of nitrogens with one attached hydrogen (secondary N) is 2. The molecule has 3 aromatic rings. The molecule has 2 aliphatic heterocycles. The lowest BCUT2D eigenvalue weighted by Crippen LogP contribution is -2.45. The van der Waals surface area contributed by atoms with E-state index in [9.17, 15) is 9.59 Å². The minimum Gasteiger partial charge on any atom is -0.497 e. The summed E-state index contributed by atoms with van der Waals surface area (Å²) in [5.41, 5.74) is 4.17. The standard InChI is InChI=1S/C27H29ClN2O3.C5H10N2O/c1-17(2)33-24-15-22(32-4)12-13-23(24)27-29-25(20-7-5-6-18(3)14-20)26(30(27)16-31)19-8-10-21(28)11-9-19;1-7-3-2-6-5(8)4-7/h5-17,25-27,29H,1-4H3;2-4H2,1H3,(H,6,8). The molecule has 3 atom stereocenters. The summed E-state index contributed by atoms with van der Waals surface area (Å²) >= 11 is 6.16. The summed E-state index contributed by atoms with van der Waals surface area (Å²) in [6, 6.07) is 21.5. The number of aryl methyl sites for hydroxylation is 1. The molecule has 2 amide bonds. The molecular formula is C32H39ClN4O4. The number of hydrogen-bond donors (Lipinski definition) is 2. The lowest BCUT2D eigenvalue weighted by atomic mass is 9.93. The number of amides is 2. The maximum Gasteiger partial charge on any atom is 0.234 e. The Kier molecular flexibility index (Phi) is 10.3. The maximum atomic E-state index is 12.5. The van der Waals surface area contributed by atoms with Crippen molar-refractivity contribution in [2.75, 3.05) is 33.8 Å². The third kappa shape index (κ3) is 7.58. The van der Waals surface area contributed by atoms with Gasteiger partial charge in [0.05, 0.1) is 31.8 Å². The Morgan fingerprint density at radius 1 is 1.05 bits per heavy atom. The highest BCUT2D eigenvalue weighted by Crippen LogP contribution is 2.47. The van der Waals surface area contributed by atoms with Gasteiger partial charge in [0.2, 0.25) is 12.3 Å². The third-order valence-electron chi connectivity index (χ3n) is 7.11. The fourth-order valence-corrected chi connectivity index (χ4v) is 5.34. The molecule has 3 aromatic carbocycles. The zero-order chi connectivity index (χ0) is 29.5. The van der Waals surface area contributed by atoms with E-state index in [0.717, 1.165) is 36.2 Å². The second-order valence-corrected chi connectivity index (χ2v) is 11.1. The Hall–Kier alpha value is -3.59. The molecule has 0 radical (unpaired) electrons. The molecule has 2 fully saturated rings. The van der Waals surface area contributed by atoms with Crippen LogP contribution in [0, 0.1) is 6.92 Å². The first-order valence-corrected chi connectivity index (χ1v) is 14.2. The van der Waals surface area contributed by atoms with Crippen molar-refractivity contribution in [2.45, 2.75) is 45.1 Å². The first-order chi connectivity index (χ1) is 19.7. The number of carbonyl (C=O) groups is 2. The fraction of sp³-hybridized carbons (Fsp3) is 0.375. The second kappa shape index (κ2) is 13.9. The van der Waals surface area contributed by atoms with Crippen molar-refractivity contribution in [1.82, 2.24) is 20.4 Å². The third-order valence-corrected chi connectivity index (χ3v) is 7.37. The van der Waals surface area contributed by atoms with Crippen LogP contribution in [0.5, 0.6) is 11.5 Å². The van der Waals surface area contributed by atoms with Gasteiger partial charge < -0.3 is 19.7 Å². The van der Waals surface area contributed by atoms with E-state index in [1.807, 2.05) is 79.2 Å². The maximum absolute atomic E-state index is 12.5. The van der Waals surface area contributed by atoms with Crippen LogP contribution in [0.15, 0.2) is 66.7 Å². The van der Waals surface area contributed by atoms with Crippen LogP contribution in [0.1, 0.15) is 54.4 Å². The van der Waals surface area contributed by atoms with Crippen LogP contribution < -0.4 is 20.1 Å². The van der Waals surface area contributed by atoms with Gasteiger partial charge >= 0.3 is 0 Å². The van der Waals surface area contributed by atoms with Gasteiger partial charge in [0, 0.05) is 29.7 Å². The number of ether oxygens (including phenoxy) is 2. The van der Waals surface area contributed by atoms with Crippen LogP contribution in [-0.4, -0.2) is 62.0 Å². The molecule has 2 heterocycles. The quantitative estimate of drug-likeness (QED) is 0.383. The van der Waals surface area contributed by atoms with Crippen molar-refractivity contribution >= 4 is 23.9 Å². The molecule has 0 bridgehead atoms. The number of piperazine rings is 1.